The summed E-state index contributed by atoms with van der Waals surface area (Å²) in [6.07, 6.45) is -1.49. The molecule has 3 aliphatic heterocycles. The lowest BCUT2D eigenvalue weighted by Gasteiger charge is -2.29. The summed E-state index contributed by atoms with van der Waals surface area (Å²) in [6.45, 7) is -0.0631. The van der Waals surface area contributed by atoms with Crippen LogP contribution in [0.25, 0.3) is 22.3 Å². The zero-order valence-electron chi connectivity index (χ0n) is 22.3. The van der Waals surface area contributed by atoms with Gasteiger partial charge in [0, 0.05) is 31.3 Å². The highest BCUT2D eigenvalue weighted by Crippen LogP contribution is 2.40. The Hall–Kier alpha value is -4.56. The van der Waals surface area contributed by atoms with Crippen LogP contribution in [-0.4, -0.2) is 105 Å². The van der Waals surface area contributed by atoms with E-state index in [2.05, 4.69) is 40.5 Å². The number of nitrogens with one attached hydrogen (secondary N) is 3. The van der Waals surface area contributed by atoms with Gasteiger partial charge in [0.25, 0.3) is 5.56 Å². The zero-order valence-corrected chi connectivity index (χ0v) is 22.3. The van der Waals surface area contributed by atoms with Gasteiger partial charge in [-0.2, -0.15) is 4.98 Å². The molecule has 3 aliphatic rings. The number of carbonyl (C=O) groups excluding carboxylic acids is 2. The van der Waals surface area contributed by atoms with Gasteiger partial charge in [-0.3, -0.25) is 23.7 Å². The Labute approximate surface area is 240 Å². The van der Waals surface area contributed by atoms with E-state index >= 15 is 0 Å². The van der Waals surface area contributed by atoms with Crippen molar-refractivity contribution in [1.29, 1.82) is 0 Å². The normalized spacial score (nSPS) is 33.2. The Morgan fingerprint density at radius 3 is 2.47 bits per heavy atom. The fourth-order valence-electron chi connectivity index (χ4n) is 6.30. The zero-order chi connectivity index (χ0) is 30.0. The Morgan fingerprint density at radius 1 is 0.930 bits per heavy atom. The van der Waals surface area contributed by atoms with Gasteiger partial charge < -0.3 is 46.6 Å². The number of aliphatic hydroxyl groups excluding tert-OH is 2. The van der Waals surface area contributed by atoms with E-state index in [1.807, 2.05) is 0 Å². The fourth-order valence-corrected chi connectivity index (χ4v) is 6.30. The number of H-pyrrole nitrogens is 1. The highest BCUT2D eigenvalue weighted by Gasteiger charge is 2.51. The largest absolute Gasteiger partial charge is 0.390 e. The Morgan fingerprint density at radius 2 is 1.67 bits per heavy atom. The summed E-state index contributed by atoms with van der Waals surface area (Å²) >= 11 is 0. The molecule has 226 valence electrons. The van der Waals surface area contributed by atoms with Crippen LogP contribution in [0.3, 0.4) is 0 Å². The summed E-state index contributed by atoms with van der Waals surface area (Å²) in [7, 11) is 0. The molecule has 0 radical (unpaired) electrons. The molecule has 3 fully saturated rings. The SMILES string of the molecule is Nc1nc2c(ncn2[C@@H]2O[C@@H]3CNC(C=O)C4C(O)[C@H](n5cnc6c(N)ncnc65)O[C@@H]4CNC(=O)CC2C3O)c(=O)[nH]1. The van der Waals surface area contributed by atoms with Crippen molar-refractivity contribution in [2.75, 3.05) is 24.6 Å². The number of hydrogen-bond donors (Lipinski definition) is 7. The van der Waals surface area contributed by atoms with Gasteiger partial charge in [-0.25, -0.2) is 19.9 Å². The molecule has 7 heterocycles. The fraction of sp³-hybridized carbons (Fsp3) is 0.500. The molecule has 19 nitrogen and oxygen atoms in total. The molecule has 5 unspecified atom stereocenters. The minimum absolute atomic E-state index is 0.0135. The van der Waals surface area contributed by atoms with Gasteiger partial charge in [-0.05, 0) is 0 Å². The van der Waals surface area contributed by atoms with Gasteiger partial charge in [0.15, 0.2) is 28.9 Å². The van der Waals surface area contributed by atoms with Crippen LogP contribution in [0.15, 0.2) is 23.8 Å². The number of aliphatic hydroxyl groups is 2. The number of anilines is 2. The average molecular weight is 597 g/mol. The maximum atomic E-state index is 13.2. The molecular weight excluding hydrogens is 568 g/mol. The van der Waals surface area contributed by atoms with Crippen molar-refractivity contribution in [3.05, 3.63) is 29.3 Å². The molecule has 0 spiro atoms. The Balaban J connectivity index is 1.19. The van der Waals surface area contributed by atoms with Crippen molar-refractivity contribution in [2.24, 2.45) is 11.8 Å². The molecule has 4 aromatic heterocycles. The summed E-state index contributed by atoms with van der Waals surface area (Å²) in [6, 6.07) is -0.960. The summed E-state index contributed by atoms with van der Waals surface area (Å²) in [5.74, 6) is -2.00. The van der Waals surface area contributed by atoms with Gasteiger partial charge in [0.05, 0.1) is 37.0 Å². The van der Waals surface area contributed by atoms with E-state index in [1.54, 1.807) is 0 Å². The average Bonchev–Trinajstić information content (AvgIpc) is 3.73. The first kappa shape index (κ1) is 27.3. The van der Waals surface area contributed by atoms with Crippen LogP contribution in [0.1, 0.15) is 18.9 Å². The minimum atomic E-state index is -1.23. The smallest absolute Gasteiger partial charge is 0.280 e. The number of fused-ring (bicyclic) bond motifs is 5. The predicted octanol–water partition coefficient (Wildman–Crippen LogP) is -3.45. The van der Waals surface area contributed by atoms with E-state index in [1.165, 1.54) is 28.1 Å². The first-order chi connectivity index (χ1) is 20.7. The maximum absolute atomic E-state index is 13.2. The Bertz CT molecular complexity index is 1770. The number of nitrogens with zero attached hydrogens (tertiary/aromatic N) is 7. The van der Waals surface area contributed by atoms with E-state index in [0.717, 1.165) is 0 Å². The molecule has 9 N–H and O–H groups in total. The number of rotatable bonds is 3. The van der Waals surface area contributed by atoms with Gasteiger partial charge in [0.1, 0.15) is 30.5 Å². The molecule has 2 bridgehead atoms. The first-order valence-corrected chi connectivity index (χ1v) is 13.5. The van der Waals surface area contributed by atoms with Crippen LogP contribution in [0.4, 0.5) is 11.8 Å². The molecule has 7 rings (SSSR count). The molecule has 0 aliphatic carbocycles. The lowest BCUT2D eigenvalue weighted by Crippen LogP contribution is -2.52. The van der Waals surface area contributed by atoms with Crippen LogP contribution >= 0.6 is 0 Å². The van der Waals surface area contributed by atoms with Crippen molar-refractivity contribution in [3.63, 3.8) is 0 Å². The second-order valence-electron chi connectivity index (χ2n) is 10.8. The molecule has 3 saturated heterocycles. The predicted molar refractivity (Wildman–Crippen MR) is 145 cm³/mol. The topological polar surface area (TPSA) is 276 Å². The summed E-state index contributed by atoms with van der Waals surface area (Å²) in [5.41, 5.74) is 11.9. The number of hydrogen-bond acceptors (Lipinski definition) is 15. The van der Waals surface area contributed by atoms with Crippen LogP contribution in [0, 0.1) is 11.8 Å². The molecule has 43 heavy (non-hydrogen) atoms. The number of imidazole rings is 2. The van der Waals surface area contributed by atoms with E-state index in [-0.39, 0.29) is 42.4 Å². The van der Waals surface area contributed by atoms with Crippen molar-refractivity contribution in [1.82, 2.24) is 49.7 Å². The molecule has 1 amide bonds. The molecule has 4 aromatic rings. The van der Waals surface area contributed by atoms with Crippen molar-refractivity contribution in [3.8, 4) is 0 Å². The molecule has 0 aromatic carbocycles. The number of nitrogen functional groups attached to an aromatic ring is 2. The third kappa shape index (κ3) is 4.39. The second kappa shape index (κ2) is 10.3. The molecule has 19 heteroatoms. The van der Waals surface area contributed by atoms with Crippen LogP contribution in [-0.2, 0) is 19.1 Å². The minimum Gasteiger partial charge on any atom is -0.390 e. The number of aromatic nitrogens is 8. The van der Waals surface area contributed by atoms with E-state index in [9.17, 15) is 24.6 Å². The Kier molecular flexibility index (Phi) is 6.54. The third-order valence-electron chi connectivity index (χ3n) is 8.35. The summed E-state index contributed by atoms with van der Waals surface area (Å²) < 4.78 is 15.4. The number of aldehydes is 1. The standard InChI is InChI=1S/C24H28N12O7/c25-18-14-19(30-5-29-18)35(6-31-14)23-17(40)13-9(4-37)27-3-11-16(39)8(1-12(38)28-2-10(13)42-23)22(43-11)36-7-32-15-20(36)33-24(26)34-21(15)41/h4-11,13,16-17,22-23,27,39-40H,1-3H2,(H,28,38)(H2,25,29,30)(H3,26,33,34,41)/t8?,9?,10-,11-,13?,16?,17?,22-,23-/m1/s1. The number of carbonyl (C=O) groups is 2. The number of amides is 1. The van der Waals surface area contributed by atoms with Crippen LogP contribution in [0.2, 0.25) is 0 Å². The lowest BCUT2D eigenvalue weighted by atomic mass is 9.89. The molecule has 9 atom stereocenters. The molecular formula is C24H28N12O7. The van der Waals surface area contributed by atoms with Crippen molar-refractivity contribution >= 4 is 46.3 Å². The quantitative estimate of drug-likeness (QED) is 0.113. The summed E-state index contributed by atoms with van der Waals surface area (Å²) in [5, 5.41) is 28.6. The van der Waals surface area contributed by atoms with E-state index in [4.69, 9.17) is 20.9 Å². The summed E-state index contributed by atoms with van der Waals surface area (Å²) in [4.78, 5) is 61.0. The third-order valence-corrected chi connectivity index (χ3v) is 8.35. The van der Waals surface area contributed by atoms with Crippen LogP contribution in [0.5, 0.6) is 0 Å². The number of nitrogens with two attached hydrogens (primary N) is 2. The first-order valence-electron chi connectivity index (χ1n) is 13.5. The number of aromatic amines is 1. The second-order valence-corrected chi connectivity index (χ2v) is 10.8. The highest BCUT2D eigenvalue weighted by atomic mass is 16.5. The van der Waals surface area contributed by atoms with Gasteiger partial charge in [-0.15, -0.1) is 0 Å². The van der Waals surface area contributed by atoms with Gasteiger partial charge in [-0.1, -0.05) is 0 Å². The van der Waals surface area contributed by atoms with E-state index in [0.29, 0.717) is 17.5 Å². The van der Waals surface area contributed by atoms with Crippen molar-refractivity contribution in [2.45, 2.75) is 49.3 Å². The highest BCUT2D eigenvalue weighted by molar-refractivity contribution is 5.81. The van der Waals surface area contributed by atoms with Crippen molar-refractivity contribution < 1.29 is 29.3 Å². The molecule has 0 saturated carbocycles. The van der Waals surface area contributed by atoms with Crippen LogP contribution < -0.4 is 27.7 Å². The van der Waals surface area contributed by atoms with E-state index < -0.39 is 66.2 Å². The van der Waals surface area contributed by atoms with Gasteiger partial charge >= 0.3 is 0 Å². The van der Waals surface area contributed by atoms with Gasteiger partial charge in [0.2, 0.25) is 11.9 Å². The lowest BCUT2D eigenvalue weighted by molar-refractivity contribution is -0.124. The monoisotopic (exact) mass is 596 g/mol. The maximum Gasteiger partial charge on any atom is 0.280 e. The number of ether oxygens (including phenoxy) is 2.